The number of thiophene rings is 1. The SMILES string of the molecule is CCCOC(=O)c1c(NC(=O)c2cc(-c3ccc(C)cc3)nc3ccc(Br)cc23)sc2c1CCC2. The molecular weight excluding hydrogens is 524 g/mol. The molecule has 2 aromatic carbocycles. The summed E-state index contributed by atoms with van der Waals surface area (Å²) in [6.07, 6.45) is 3.53. The smallest absolute Gasteiger partial charge is 0.341 e. The second-order valence-corrected chi connectivity index (χ2v) is 10.8. The number of esters is 1. The maximum atomic E-state index is 13.7. The second kappa shape index (κ2) is 9.91. The number of halogens is 1. The van der Waals surface area contributed by atoms with Crippen LogP contribution in [0.25, 0.3) is 22.2 Å². The number of aryl methyl sites for hydroxylation is 2. The van der Waals surface area contributed by atoms with Crippen LogP contribution in [0.4, 0.5) is 5.00 Å². The van der Waals surface area contributed by atoms with Crippen LogP contribution in [-0.2, 0) is 17.6 Å². The van der Waals surface area contributed by atoms with Crippen molar-refractivity contribution < 1.29 is 14.3 Å². The van der Waals surface area contributed by atoms with Gasteiger partial charge >= 0.3 is 5.97 Å². The summed E-state index contributed by atoms with van der Waals surface area (Å²) in [6.45, 7) is 4.36. The predicted molar refractivity (Wildman–Crippen MR) is 144 cm³/mol. The summed E-state index contributed by atoms with van der Waals surface area (Å²) >= 11 is 5.01. The van der Waals surface area contributed by atoms with Crippen molar-refractivity contribution >= 4 is 55.0 Å². The van der Waals surface area contributed by atoms with Crippen LogP contribution in [0.1, 0.15) is 56.5 Å². The van der Waals surface area contributed by atoms with E-state index >= 15 is 0 Å². The third-order valence-electron chi connectivity index (χ3n) is 6.15. The molecular formula is C28H25BrN2O3S. The van der Waals surface area contributed by atoms with E-state index in [-0.39, 0.29) is 11.9 Å². The number of nitrogens with zero attached hydrogens (tertiary/aromatic N) is 1. The van der Waals surface area contributed by atoms with Gasteiger partial charge in [0.25, 0.3) is 5.91 Å². The number of nitrogens with one attached hydrogen (secondary N) is 1. The van der Waals surface area contributed by atoms with E-state index < -0.39 is 0 Å². The number of carbonyl (C=O) groups is 2. The van der Waals surface area contributed by atoms with Gasteiger partial charge < -0.3 is 10.1 Å². The maximum absolute atomic E-state index is 13.7. The van der Waals surface area contributed by atoms with Gasteiger partial charge in [0.05, 0.1) is 28.9 Å². The van der Waals surface area contributed by atoms with E-state index in [4.69, 9.17) is 9.72 Å². The minimum atomic E-state index is -0.357. The largest absolute Gasteiger partial charge is 0.462 e. The van der Waals surface area contributed by atoms with Crippen molar-refractivity contribution in [3.63, 3.8) is 0 Å². The van der Waals surface area contributed by atoms with Crippen LogP contribution in [0, 0.1) is 6.92 Å². The van der Waals surface area contributed by atoms with Crippen molar-refractivity contribution in [3.05, 3.63) is 80.1 Å². The summed E-state index contributed by atoms with van der Waals surface area (Å²) in [5.41, 5.74) is 5.59. The van der Waals surface area contributed by atoms with Gasteiger partial charge in [-0.1, -0.05) is 52.7 Å². The van der Waals surface area contributed by atoms with Gasteiger partial charge in [-0.25, -0.2) is 9.78 Å². The van der Waals surface area contributed by atoms with Crippen LogP contribution in [-0.4, -0.2) is 23.5 Å². The van der Waals surface area contributed by atoms with E-state index in [1.807, 2.05) is 62.4 Å². The van der Waals surface area contributed by atoms with Crippen LogP contribution in [0.15, 0.2) is 53.0 Å². The molecule has 5 rings (SSSR count). The highest BCUT2D eigenvalue weighted by Crippen LogP contribution is 2.40. The van der Waals surface area contributed by atoms with Gasteiger partial charge in [-0.05, 0) is 62.4 Å². The third-order valence-corrected chi connectivity index (χ3v) is 7.85. The highest BCUT2D eigenvalue weighted by Gasteiger charge is 2.29. The first-order valence-corrected chi connectivity index (χ1v) is 13.4. The summed E-state index contributed by atoms with van der Waals surface area (Å²) in [4.78, 5) is 32.6. The molecule has 5 nitrogen and oxygen atoms in total. The third kappa shape index (κ3) is 4.75. The molecule has 35 heavy (non-hydrogen) atoms. The number of benzene rings is 2. The molecule has 0 radical (unpaired) electrons. The van der Waals surface area contributed by atoms with Crippen molar-refractivity contribution in [1.82, 2.24) is 4.98 Å². The summed E-state index contributed by atoms with van der Waals surface area (Å²) < 4.78 is 6.33. The summed E-state index contributed by atoms with van der Waals surface area (Å²) in [7, 11) is 0. The number of amides is 1. The molecule has 0 unspecified atom stereocenters. The van der Waals surface area contributed by atoms with Crippen LogP contribution in [0.3, 0.4) is 0 Å². The Kier molecular flexibility index (Phi) is 6.71. The van der Waals surface area contributed by atoms with E-state index in [0.29, 0.717) is 22.7 Å². The molecule has 0 atom stereocenters. The topological polar surface area (TPSA) is 68.3 Å². The number of carbonyl (C=O) groups excluding carboxylic acids is 2. The maximum Gasteiger partial charge on any atom is 0.341 e. The number of ether oxygens (including phenoxy) is 1. The fraction of sp³-hybridized carbons (Fsp3) is 0.250. The molecule has 2 heterocycles. The van der Waals surface area contributed by atoms with Gasteiger partial charge in [0.1, 0.15) is 5.00 Å². The first kappa shape index (κ1) is 23.7. The first-order chi connectivity index (χ1) is 16.9. The fourth-order valence-electron chi connectivity index (χ4n) is 4.40. The number of hydrogen-bond donors (Lipinski definition) is 1. The second-order valence-electron chi connectivity index (χ2n) is 8.73. The van der Waals surface area contributed by atoms with Gasteiger partial charge in [-0.3, -0.25) is 4.79 Å². The molecule has 4 aromatic rings. The Labute approximate surface area is 216 Å². The molecule has 0 aliphatic heterocycles. The zero-order valence-electron chi connectivity index (χ0n) is 19.6. The van der Waals surface area contributed by atoms with Crippen LogP contribution in [0.2, 0.25) is 0 Å². The Hall–Kier alpha value is -3.03. The average molecular weight is 549 g/mol. The van der Waals surface area contributed by atoms with E-state index in [2.05, 4.69) is 21.2 Å². The highest BCUT2D eigenvalue weighted by atomic mass is 79.9. The molecule has 0 saturated carbocycles. The zero-order chi connectivity index (χ0) is 24.5. The highest BCUT2D eigenvalue weighted by molar-refractivity contribution is 9.10. The molecule has 1 aliphatic carbocycles. The molecule has 1 amide bonds. The van der Waals surface area contributed by atoms with E-state index in [1.54, 1.807) is 0 Å². The molecule has 178 valence electrons. The molecule has 2 aromatic heterocycles. The Balaban J connectivity index is 1.57. The Morgan fingerprint density at radius 2 is 1.91 bits per heavy atom. The number of hydrogen-bond acceptors (Lipinski definition) is 5. The summed E-state index contributed by atoms with van der Waals surface area (Å²) in [5.74, 6) is -0.627. The van der Waals surface area contributed by atoms with Crippen molar-refractivity contribution in [1.29, 1.82) is 0 Å². The van der Waals surface area contributed by atoms with Crippen LogP contribution < -0.4 is 5.32 Å². The Morgan fingerprint density at radius 3 is 2.69 bits per heavy atom. The predicted octanol–water partition coefficient (Wildman–Crippen LogP) is 7.34. The lowest BCUT2D eigenvalue weighted by Gasteiger charge is -2.12. The first-order valence-electron chi connectivity index (χ1n) is 11.7. The van der Waals surface area contributed by atoms with Gasteiger partial charge in [-0.2, -0.15) is 0 Å². The monoisotopic (exact) mass is 548 g/mol. The molecule has 0 bridgehead atoms. The zero-order valence-corrected chi connectivity index (χ0v) is 22.0. The van der Waals surface area contributed by atoms with Crippen molar-refractivity contribution in [2.75, 3.05) is 11.9 Å². The van der Waals surface area contributed by atoms with Crippen molar-refractivity contribution in [2.24, 2.45) is 0 Å². The van der Waals surface area contributed by atoms with E-state index in [1.165, 1.54) is 11.3 Å². The van der Waals surface area contributed by atoms with Crippen LogP contribution >= 0.6 is 27.3 Å². The number of rotatable bonds is 6. The van der Waals surface area contributed by atoms with E-state index in [0.717, 1.165) is 68.3 Å². The molecule has 7 heteroatoms. The summed E-state index contributed by atoms with van der Waals surface area (Å²) in [5, 5.41) is 4.36. The molecule has 0 fully saturated rings. The number of aromatic nitrogens is 1. The lowest BCUT2D eigenvalue weighted by Crippen LogP contribution is -2.16. The number of fused-ring (bicyclic) bond motifs is 2. The van der Waals surface area contributed by atoms with E-state index in [9.17, 15) is 9.59 Å². The molecule has 0 saturated heterocycles. The quantitative estimate of drug-likeness (QED) is 0.256. The minimum absolute atomic E-state index is 0.270. The van der Waals surface area contributed by atoms with Gasteiger partial charge in [0.2, 0.25) is 0 Å². The Morgan fingerprint density at radius 1 is 1.11 bits per heavy atom. The lowest BCUT2D eigenvalue weighted by atomic mass is 10.0. The van der Waals surface area contributed by atoms with Crippen molar-refractivity contribution in [2.45, 2.75) is 39.5 Å². The standard InChI is InChI=1S/C28H25BrN2O3S/c1-3-13-34-28(33)25-19-5-4-6-24(19)35-27(25)31-26(32)21-15-23(17-9-7-16(2)8-10-17)30-22-12-11-18(29)14-20(21)22/h7-12,14-15H,3-6,13H2,1-2H3,(H,31,32). The van der Waals surface area contributed by atoms with Crippen LogP contribution in [0.5, 0.6) is 0 Å². The van der Waals surface area contributed by atoms with Gasteiger partial charge in [0.15, 0.2) is 0 Å². The minimum Gasteiger partial charge on any atom is -0.462 e. The molecule has 1 N–H and O–H groups in total. The Bertz CT molecular complexity index is 1440. The number of anilines is 1. The summed E-state index contributed by atoms with van der Waals surface area (Å²) in [6, 6.07) is 15.6. The molecule has 0 spiro atoms. The fourth-order valence-corrected chi connectivity index (χ4v) is 6.04. The molecule has 1 aliphatic rings. The normalized spacial score (nSPS) is 12.5. The average Bonchev–Trinajstić information content (AvgIpc) is 3.43. The number of pyridine rings is 1. The van der Waals surface area contributed by atoms with Gasteiger partial charge in [0, 0.05) is 20.3 Å². The van der Waals surface area contributed by atoms with Gasteiger partial charge in [-0.15, -0.1) is 11.3 Å². The van der Waals surface area contributed by atoms with Crippen molar-refractivity contribution in [3.8, 4) is 11.3 Å². The lowest BCUT2D eigenvalue weighted by molar-refractivity contribution is 0.0505.